The first-order chi connectivity index (χ1) is 15.6. The van der Waals surface area contributed by atoms with Crippen molar-refractivity contribution in [1.29, 1.82) is 0 Å². The molecule has 0 saturated heterocycles. The molecule has 2 aromatic carbocycles. The van der Waals surface area contributed by atoms with Crippen LogP contribution < -0.4 is 10.1 Å². The number of carbonyl (C=O) groups is 1. The number of methoxy groups -OCH3 is 1. The fourth-order valence-corrected chi connectivity index (χ4v) is 4.97. The van der Waals surface area contributed by atoms with Crippen molar-refractivity contribution in [2.24, 2.45) is 0 Å². The van der Waals surface area contributed by atoms with Gasteiger partial charge in [-0.25, -0.2) is 4.39 Å². The van der Waals surface area contributed by atoms with E-state index in [4.69, 9.17) is 4.74 Å². The van der Waals surface area contributed by atoms with E-state index in [0.29, 0.717) is 5.16 Å². The second-order valence-electron chi connectivity index (χ2n) is 7.90. The lowest BCUT2D eigenvalue weighted by atomic mass is 9.95. The summed E-state index contributed by atoms with van der Waals surface area (Å²) in [5.74, 6) is 0.747. The third-order valence-electron chi connectivity index (χ3n) is 5.74. The minimum Gasteiger partial charge on any atom is -0.496 e. The summed E-state index contributed by atoms with van der Waals surface area (Å²) in [6, 6.07) is 14.2. The highest BCUT2D eigenvalue weighted by atomic mass is 32.2. The highest BCUT2D eigenvalue weighted by molar-refractivity contribution is 8.00. The molecule has 1 atom stereocenters. The molecule has 168 valence electrons. The highest BCUT2D eigenvalue weighted by Crippen LogP contribution is 2.39. The Hall–Kier alpha value is -2.87. The van der Waals surface area contributed by atoms with E-state index in [2.05, 4.69) is 20.1 Å². The van der Waals surface area contributed by atoms with E-state index in [1.165, 1.54) is 24.2 Å². The topological polar surface area (TPSA) is 69.0 Å². The molecule has 1 unspecified atom stereocenters. The fourth-order valence-electron chi connectivity index (χ4n) is 4.05. The molecule has 4 rings (SSSR count). The minimum absolute atomic E-state index is 0.174. The standard InChI is InChI=1S/C24H27FN4O2S/c1-16(23(30)26-20-14-8-7-13-19(20)25)32-24-28-27-22(18-12-6-9-15-21(18)31-2)29(24)17-10-4-3-5-11-17/h6-9,12-17H,3-5,10-11H2,1-2H3,(H,26,30). The number of aromatic nitrogens is 3. The van der Waals surface area contributed by atoms with Crippen molar-refractivity contribution in [2.45, 2.75) is 55.5 Å². The zero-order chi connectivity index (χ0) is 22.5. The van der Waals surface area contributed by atoms with Gasteiger partial charge < -0.3 is 10.1 Å². The number of thioether (sulfide) groups is 1. The van der Waals surface area contributed by atoms with Crippen LogP contribution in [0.1, 0.15) is 45.1 Å². The zero-order valence-electron chi connectivity index (χ0n) is 18.3. The van der Waals surface area contributed by atoms with Crippen LogP contribution in [0.2, 0.25) is 0 Å². The molecule has 8 heteroatoms. The van der Waals surface area contributed by atoms with E-state index in [9.17, 15) is 9.18 Å². The number of rotatable bonds is 7. The smallest absolute Gasteiger partial charge is 0.237 e. The van der Waals surface area contributed by atoms with Crippen LogP contribution in [0.15, 0.2) is 53.7 Å². The van der Waals surface area contributed by atoms with Crippen molar-refractivity contribution < 1.29 is 13.9 Å². The van der Waals surface area contributed by atoms with Gasteiger partial charge in [0.15, 0.2) is 11.0 Å². The number of para-hydroxylation sites is 2. The molecule has 1 N–H and O–H groups in total. The lowest BCUT2D eigenvalue weighted by Crippen LogP contribution is -2.24. The van der Waals surface area contributed by atoms with Crippen LogP contribution in [-0.4, -0.2) is 33.0 Å². The number of nitrogens with zero attached hydrogens (tertiary/aromatic N) is 3. The molecular weight excluding hydrogens is 427 g/mol. The molecule has 1 amide bonds. The van der Waals surface area contributed by atoms with E-state index < -0.39 is 11.1 Å². The van der Waals surface area contributed by atoms with Gasteiger partial charge in [0, 0.05) is 6.04 Å². The number of hydrogen-bond donors (Lipinski definition) is 1. The lowest BCUT2D eigenvalue weighted by Gasteiger charge is -2.26. The summed E-state index contributed by atoms with van der Waals surface area (Å²) in [5.41, 5.74) is 1.05. The average Bonchev–Trinajstić information content (AvgIpc) is 3.24. The maximum atomic E-state index is 13.9. The number of anilines is 1. The Morgan fingerprint density at radius 2 is 1.84 bits per heavy atom. The predicted molar refractivity (Wildman–Crippen MR) is 124 cm³/mol. The summed E-state index contributed by atoms with van der Waals surface area (Å²) in [6.07, 6.45) is 5.63. The molecule has 0 bridgehead atoms. The average molecular weight is 455 g/mol. The van der Waals surface area contributed by atoms with Crippen molar-refractivity contribution in [3.05, 3.63) is 54.3 Å². The number of hydrogen-bond acceptors (Lipinski definition) is 5. The van der Waals surface area contributed by atoms with Gasteiger partial charge in [-0.1, -0.05) is 55.3 Å². The van der Waals surface area contributed by atoms with Gasteiger partial charge in [0.2, 0.25) is 5.91 Å². The summed E-state index contributed by atoms with van der Waals surface area (Å²) in [5, 5.41) is 11.8. The summed E-state index contributed by atoms with van der Waals surface area (Å²) < 4.78 is 21.7. The summed E-state index contributed by atoms with van der Waals surface area (Å²) >= 11 is 1.34. The molecular formula is C24H27FN4O2S. The van der Waals surface area contributed by atoms with E-state index in [1.54, 1.807) is 32.2 Å². The Morgan fingerprint density at radius 3 is 2.59 bits per heavy atom. The zero-order valence-corrected chi connectivity index (χ0v) is 19.1. The first-order valence-electron chi connectivity index (χ1n) is 10.9. The quantitative estimate of drug-likeness (QED) is 0.463. The van der Waals surface area contributed by atoms with Crippen LogP contribution in [0.4, 0.5) is 10.1 Å². The van der Waals surface area contributed by atoms with Crippen molar-refractivity contribution in [3.63, 3.8) is 0 Å². The molecule has 1 fully saturated rings. The van der Waals surface area contributed by atoms with Crippen LogP contribution in [0.5, 0.6) is 5.75 Å². The van der Waals surface area contributed by atoms with E-state index in [1.807, 2.05) is 24.3 Å². The van der Waals surface area contributed by atoms with Crippen molar-refractivity contribution in [3.8, 4) is 17.1 Å². The Balaban J connectivity index is 1.62. The van der Waals surface area contributed by atoms with Crippen molar-refractivity contribution in [2.75, 3.05) is 12.4 Å². The number of benzene rings is 2. The number of halogens is 1. The lowest BCUT2D eigenvalue weighted by molar-refractivity contribution is -0.115. The van der Waals surface area contributed by atoms with Gasteiger partial charge in [0.25, 0.3) is 0 Å². The maximum absolute atomic E-state index is 13.9. The monoisotopic (exact) mass is 454 g/mol. The largest absolute Gasteiger partial charge is 0.496 e. The summed E-state index contributed by atoms with van der Waals surface area (Å²) in [6.45, 7) is 1.80. The molecule has 1 aromatic heterocycles. The van der Waals surface area contributed by atoms with E-state index in [-0.39, 0.29) is 17.6 Å². The Morgan fingerprint density at radius 1 is 1.12 bits per heavy atom. The normalized spacial score (nSPS) is 15.3. The van der Waals surface area contributed by atoms with Crippen LogP contribution in [0.25, 0.3) is 11.4 Å². The number of ether oxygens (including phenoxy) is 1. The van der Waals surface area contributed by atoms with Gasteiger partial charge in [-0.2, -0.15) is 0 Å². The number of nitrogens with one attached hydrogen (secondary N) is 1. The van der Waals surface area contributed by atoms with Gasteiger partial charge in [-0.3, -0.25) is 9.36 Å². The van der Waals surface area contributed by atoms with E-state index >= 15 is 0 Å². The van der Waals surface area contributed by atoms with Crippen LogP contribution in [-0.2, 0) is 4.79 Å². The molecule has 0 aliphatic heterocycles. The van der Waals surface area contributed by atoms with Gasteiger partial charge in [-0.05, 0) is 44.0 Å². The van der Waals surface area contributed by atoms with Crippen LogP contribution in [0, 0.1) is 5.82 Å². The number of carbonyl (C=O) groups excluding carboxylic acids is 1. The molecule has 0 radical (unpaired) electrons. The third-order valence-corrected chi connectivity index (χ3v) is 6.79. The second-order valence-corrected chi connectivity index (χ2v) is 9.21. The van der Waals surface area contributed by atoms with E-state index in [0.717, 1.165) is 42.8 Å². The SMILES string of the molecule is COc1ccccc1-c1nnc(SC(C)C(=O)Nc2ccccc2F)n1C1CCCCC1. The third kappa shape index (κ3) is 4.80. The first kappa shape index (κ1) is 22.3. The van der Waals surface area contributed by atoms with Gasteiger partial charge in [-0.15, -0.1) is 10.2 Å². The minimum atomic E-state index is -0.480. The molecule has 1 saturated carbocycles. The molecule has 1 aliphatic carbocycles. The maximum Gasteiger partial charge on any atom is 0.237 e. The Bertz CT molecular complexity index is 1080. The van der Waals surface area contributed by atoms with Gasteiger partial charge >= 0.3 is 0 Å². The Labute approximate surface area is 191 Å². The highest BCUT2D eigenvalue weighted by Gasteiger charge is 2.27. The predicted octanol–water partition coefficient (Wildman–Crippen LogP) is 5.72. The summed E-state index contributed by atoms with van der Waals surface area (Å²) in [7, 11) is 1.64. The van der Waals surface area contributed by atoms with Crippen molar-refractivity contribution in [1.82, 2.24) is 14.8 Å². The first-order valence-corrected chi connectivity index (χ1v) is 11.8. The Kier molecular flexibility index (Phi) is 7.09. The molecule has 1 heterocycles. The molecule has 3 aromatic rings. The molecule has 1 aliphatic rings. The number of amides is 1. The second kappa shape index (κ2) is 10.2. The van der Waals surface area contributed by atoms with Crippen LogP contribution >= 0.6 is 11.8 Å². The van der Waals surface area contributed by atoms with Gasteiger partial charge in [0.05, 0.1) is 23.6 Å². The summed E-state index contributed by atoms with van der Waals surface area (Å²) in [4.78, 5) is 12.8. The molecule has 32 heavy (non-hydrogen) atoms. The molecule has 6 nitrogen and oxygen atoms in total. The van der Waals surface area contributed by atoms with Crippen LogP contribution in [0.3, 0.4) is 0 Å². The molecule has 0 spiro atoms. The van der Waals surface area contributed by atoms with Gasteiger partial charge in [0.1, 0.15) is 11.6 Å². The van der Waals surface area contributed by atoms with Crippen molar-refractivity contribution >= 4 is 23.4 Å². The fraction of sp³-hybridized carbons (Fsp3) is 0.375.